The van der Waals surface area contributed by atoms with E-state index in [0.717, 1.165) is 44.9 Å². The highest BCUT2D eigenvalue weighted by Gasteiger charge is 2.20. The lowest BCUT2D eigenvalue weighted by Crippen LogP contribution is -2.45. The molecule has 2 unspecified atom stereocenters. The molecule has 0 radical (unpaired) electrons. The Kier molecular flexibility index (Phi) is 65.9. The maximum Gasteiger partial charge on any atom is 0.305 e. The average molecular weight is 1090 g/mol. The van der Waals surface area contributed by atoms with Crippen LogP contribution in [-0.2, 0) is 14.3 Å². The molecular weight excluding hydrogens is 947 g/mol. The van der Waals surface area contributed by atoms with Gasteiger partial charge in [0.25, 0.3) is 0 Å². The molecule has 0 heterocycles. The van der Waals surface area contributed by atoms with Gasteiger partial charge < -0.3 is 20.3 Å². The molecule has 0 saturated carbocycles. The molecule has 0 aliphatic rings. The van der Waals surface area contributed by atoms with E-state index in [0.29, 0.717) is 25.9 Å². The number of nitrogens with one attached hydrogen (secondary N) is 1. The zero-order valence-electron chi connectivity index (χ0n) is 52.5. The quantitative estimate of drug-likeness (QED) is 0.0320. The fraction of sp³-hybridized carbons (Fsp3) is 0.944. The zero-order valence-corrected chi connectivity index (χ0v) is 52.5. The van der Waals surface area contributed by atoms with Gasteiger partial charge in [-0.3, -0.25) is 9.59 Å². The van der Waals surface area contributed by atoms with Crippen molar-refractivity contribution in [2.24, 2.45) is 0 Å². The number of esters is 1. The Morgan fingerprint density at radius 2 is 0.610 bits per heavy atom. The Bertz CT molecular complexity index is 1160. The molecule has 0 rings (SSSR count). The number of ether oxygens (including phenoxy) is 1. The molecule has 1 amide bonds. The minimum absolute atomic E-state index is 0.00737. The average Bonchev–Trinajstić information content (AvgIpc) is 3.43. The van der Waals surface area contributed by atoms with Crippen molar-refractivity contribution in [2.75, 3.05) is 13.2 Å². The summed E-state index contributed by atoms with van der Waals surface area (Å²) in [4.78, 5) is 24.6. The Labute approximate surface area is 482 Å². The van der Waals surface area contributed by atoms with Crippen molar-refractivity contribution in [3.8, 4) is 0 Å². The van der Waals surface area contributed by atoms with Gasteiger partial charge in [-0.1, -0.05) is 353 Å². The summed E-state index contributed by atoms with van der Waals surface area (Å²) in [5, 5.41) is 23.4. The molecule has 0 aromatic carbocycles. The molecule has 0 fully saturated rings. The lowest BCUT2D eigenvalue weighted by Gasteiger charge is -2.22. The van der Waals surface area contributed by atoms with E-state index in [9.17, 15) is 19.8 Å². The summed E-state index contributed by atoms with van der Waals surface area (Å²) in [7, 11) is 0. The summed E-state index contributed by atoms with van der Waals surface area (Å²) in [6.45, 7) is 4.97. The minimum atomic E-state index is -0.664. The number of unbranched alkanes of at least 4 members (excludes halogenated alkanes) is 54. The molecule has 0 bridgehead atoms. The van der Waals surface area contributed by atoms with E-state index >= 15 is 0 Å². The topological polar surface area (TPSA) is 95.9 Å². The van der Waals surface area contributed by atoms with Crippen LogP contribution in [0.2, 0.25) is 0 Å². The fourth-order valence-electron chi connectivity index (χ4n) is 11.4. The molecular formula is C71H139NO5. The number of aliphatic hydroxyl groups excluding tert-OH is 2. The number of carbonyl (C=O) groups is 2. The van der Waals surface area contributed by atoms with Crippen LogP contribution in [0.5, 0.6) is 0 Å². The van der Waals surface area contributed by atoms with Crippen LogP contribution in [0, 0.1) is 0 Å². The third kappa shape index (κ3) is 63.6. The summed E-state index contributed by atoms with van der Waals surface area (Å²) in [6.07, 6.45) is 82.6. The van der Waals surface area contributed by atoms with Gasteiger partial charge in [-0.25, -0.2) is 0 Å². The van der Waals surface area contributed by atoms with Gasteiger partial charge in [0.1, 0.15) is 0 Å². The number of carbonyl (C=O) groups excluding carboxylic acids is 2. The van der Waals surface area contributed by atoms with Crippen molar-refractivity contribution >= 4 is 11.9 Å². The Morgan fingerprint density at radius 3 is 0.948 bits per heavy atom. The van der Waals surface area contributed by atoms with E-state index in [2.05, 4.69) is 31.3 Å². The van der Waals surface area contributed by atoms with Crippen molar-refractivity contribution in [1.82, 2.24) is 5.32 Å². The van der Waals surface area contributed by atoms with Crippen molar-refractivity contribution in [1.29, 1.82) is 0 Å². The Balaban J connectivity index is 3.36. The molecule has 0 aliphatic carbocycles. The predicted molar refractivity (Wildman–Crippen MR) is 338 cm³/mol. The number of aliphatic hydroxyl groups is 2. The molecule has 0 saturated heterocycles. The molecule has 6 heteroatoms. The molecule has 0 aliphatic heterocycles. The molecule has 77 heavy (non-hydrogen) atoms. The normalized spacial score (nSPS) is 12.5. The zero-order chi connectivity index (χ0) is 55.7. The number of allylic oxidation sites excluding steroid dienone is 2. The van der Waals surface area contributed by atoms with Gasteiger partial charge in [-0.2, -0.15) is 0 Å². The van der Waals surface area contributed by atoms with E-state index in [1.54, 1.807) is 0 Å². The predicted octanol–water partition coefficient (Wildman–Crippen LogP) is 22.8. The molecule has 0 spiro atoms. The second kappa shape index (κ2) is 67.1. The van der Waals surface area contributed by atoms with Crippen molar-refractivity contribution in [2.45, 2.75) is 418 Å². The van der Waals surface area contributed by atoms with Gasteiger partial charge in [0.15, 0.2) is 0 Å². The maximum absolute atomic E-state index is 12.6. The highest BCUT2D eigenvalue weighted by Crippen LogP contribution is 2.19. The largest absolute Gasteiger partial charge is 0.466 e. The van der Waals surface area contributed by atoms with Gasteiger partial charge in [0, 0.05) is 12.8 Å². The summed E-state index contributed by atoms with van der Waals surface area (Å²) in [5.74, 6) is -0.0207. The highest BCUT2D eigenvalue weighted by atomic mass is 16.5. The number of hydrogen-bond acceptors (Lipinski definition) is 5. The SMILES string of the molecule is CCCCC/C=C\CCCCCCCC(=O)OCCCCCCCCCCCCCCCCCCCCCCCCCCCC(=O)NC(CO)C(O)CCCCCCCCCCCCCCCCCCCCCCCCC. The first-order valence-electron chi connectivity index (χ1n) is 35.4. The van der Waals surface area contributed by atoms with Gasteiger partial charge in [0.2, 0.25) is 5.91 Å². The first kappa shape index (κ1) is 75.6. The third-order valence-electron chi connectivity index (χ3n) is 16.8. The Hall–Kier alpha value is -1.40. The minimum Gasteiger partial charge on any atom is -0.466 e. The second-order valence-corrected chi connectivity index (χ2v) is 24.6. The van der Waals surface area contributed by atoms with Crippen LogP contribution in [-0.4, -0.2) is 47.4 Å². The summed E-state index contributed by atoms with van der Waals surface area (Å²) < 4.78 is 5.47. The van der Waals surface area contributed by atoms with E-state index in [-0.39, 0.29) is 18.5 Å². The van der Waals surface area contributed by atoms with Crippen molar-refractivity contribution in [3.63, 3.8) is 0 Å². The lowest BCUT2D eigenvalue weighted by molar-refractivity contribution is -0.143. The van der Waals surface area contributed by atoms with Crippen LogP contribution in [0.25, 0.3) is 0 Å². The van der Waals surface area contributed by atoms with E-state index < -0.39 is 12.1 Å². The number of rotatable bonds is 67. The summed E-state index contributed by atoms with van der Waals surface area (Å²) in [5.41, 5.74) is 0. The van der Waals surface area contributed by atoms with Gasteiger partial charge >= 0.3 is 5.97 Å². The molecule has 0 aromatic rings. The van der Waals surface area contributed by atoms with Crippen LogP contribution >= 0.6 is 0 Å². The summed E-state index contributed by atoms with van der Waals surface area (Å²) >= 11 is 0. The van der Waals surface area contributed by atoms with Gasteiger partial charge in [0.05, 0.1) is 25.4 Å². The smallest absolute Gasteiger partial charge is 0.305 e. The van der Waals surface area contributed by atoms with Gasteiger partial charge in [-0.15, -0.1) is 0 Å². The van der Waals surface area contributed by atoms with E-state index in [4.69, 9.17) is 4.74 Å². The lowest BCUT2D eigenvalue weighted by atomic mass is 10.0. The molecule has 6 nitrogen and oxygen atoms in total. The first-order chi connectivity index (χ1) is 38.0. The molecule has 2 atom stereocenters. The third-order valence-corrected chi connectivity index (χ3v) is 16.8. The molecule has 0 aromatic heterocycles. The standard InChI is InChI=1S/C71H139NO5/c1-3-5-7-9-11-13-15-17-18-19-20-21-25-28-31-34-37-40-43-47-51-55-59-63-69(74)68(67-73)72-70(75)64-60-56-52-48-44-41-38-35-32-29-26-23-22-24-27-30-33-36-39-42-46-50-54-58-62-66-77-71(76)65-61-57-53-49-45-16-14-12-10-8-6-4-2/h12,14,68-69,73-74H,3-11,13,15-67H2,1-2H3,(H,72,75)/b14-12-. The van der Waals surface area contributed by atoms with Crippen molar-refractivity contribution < 1.29 is 24.5 Å². The van der Waals surface area contributed by atoms with Crippen LogP contribution < -0.4 is 5.32 Å². The summed E-state index contributed by atoms with van der Waals surface area (Å²) in [6, 6.07) is -0.541. The van der Waals surface area contributed by atoms with E-state index in [1.807, 2.05) is 0 Å². The monoisotopic (exact) mass is 1090 g/mol. The Morgan fingerprint density at radius 1 is 0.351 bits per heavy atom. The maximum atomic E-state index is 12.6. The van der Waals surface area contributed by atoms with Crippen LogP contribution in [0.4, 0.5) is 0 Å². The number of hydrogen-bond donors (Lipinski definition) is 3. The van der Waals surface area contributed by atoms with E-state index in [1.165, 1.54) is 327 Å². The van der Waals surface area contributed by atoms with Crippen LogP contribution in [0.3, 0.4) is 0 Å². The molecule has 3 N–H and O–H groups in total. The molecule has 458 valence electrons. The second-order valence-electron chi connectivity index (χ2n) is 24.6. The number of amides is 1. The first-order valence-corrected chi connectivity index (χ1v) is 35.4. The fourth-order valence-corrected chi connectivity index (χ4v) is 11.4. The van der Waals surface area contributed by atoms with Crippen LogP contribution in [0.15, 0.2) is 12.2 Å². The van der Waals surface area contributed by atoms with Crippen LogP contribution in [0.1, 0.15) is 406 Å². The van der Waals surface area contributed by atoms with Crippen molar-refractivity contribution in [3.05, 3.63) is 12.2 Å². The van der Waals surface area contributed by atoms with Gasteiger partial charge in [-0.05, 0) is 51.4 Å². The highest BCUT2D eigenvalue weighted by molar-refractivity contribution is 5.76.